The molecule has 0 aliphatic rings. The molecule has 3 nitrogen and oxygen atoms in total. The minimum absolute atomic E-state index is 0.0537. The van der Waals surface area contributed by atoms with E-state index in [1.54, 1.807) is 12.1 Å². The summed E-state index contributed by atoms with van der Waals surface area (Å²) in [6.07, 6.45) is 1.49. The average Bonchev–Trinajstić information content (AvgIpc) is 2.45. The van der Waals surface area contributed by atoms with E-state index in [1.807, 2.05) is 6.92 Å². The standard InChI is InChI=1S/C16H23FN2O/c1-4-12(5-2)16(20)10-19-11(3)13-6-7-14(9-18)15(17)8-13/h6-8,11-12,16,19-20H,4-5,10H2,1-3H3. The van der Waals surface area contributed by atoms with Crippen molar-refractivity contribution in [2.75, 3.05) is 6.54 Å². The van der Waals surface area contributed by atoms with Crippen LogP contribution in [0.5, 0.6) is 0 Å². The van der Waals surface area contributed by atoms with Gasteiger partial charge in [-0.15, -0.1) is 0 Å². The first-order valence-electron chi connectivity index (χ1n) is 7.14. The van der Waals surface area contributed by atoms with Crippen LogP contribution in [0.2, 0.25) is 0 Å². The fourth-order valence-electron chi connectivity index (χ4n) is 2.31. The molecule has 0 saturated heterocycles. The molecule has 2 unspecified atom stereocenters. The van der Waals surface area contributed by atoms with Gasteiger partial charge in [0.2, 0.25) is 0 Å². The maximum absolute atomic E-state index is 13.5. The Hall–Kier alpha value is -1.44. The molecule has 0 heterocycles. The Labute approximate surface area is 120 Å². The second-order valence-electron chi connectivity index (χ2n) is 5.12. The Morgan fingerprint density at radius 3 is 2.50 bits per heavy atom. The van der Waals surface area contributed by atoms with Gasteiger partial charge in [0.15, 0.2) is 0 Å². The predicted molar refractivity (Wildman–Crippen MR) is 77.6 cm³/mol. The van der Waals surface area contributed by atoms with E-state index in [2.05, 4.69) is 19.2 Å². The van der Waals surface area contributed by atoms with Crippen molar-refractivity contribution in [3.63, 3.8) is 0 Å². The van der Waals surface area contributed by atoms with Gasteiger partial charge in [-0.2, -0.15) is 5.26 Å². The quantitative estimate of drug-likeness (QED) is 0.805. The summed E-state index contributed by atoms with van der Waals surface area (Å²) in [5.74, 6) is -0.216. The number of nitrogens with one attached hydrogen (secondary N) is 1. The summed E-state index contributed by atoms with van der Waals surface area (Å²) in [6.45, 7) is 6.53. The molecule has 0 saturated carbocycles. The van der Waals surface area contributed by atoms with Crippen molar-refractivity contribution in [2.45, 2.75) is 45.8 Å². The molecule has 20 heavy (non-hydrogen) atoms. The van der Waals surface area contributed by atoms with Crippen LogP contribution in [-0.4, -0.2) is 17.8 Å². The zero-order valence-electron chi connectivity index (χ0n) is 12.4. The summed E-state index contributed by atoms with van der Waals surface area (Å²) in [6, 6.07) is 6.34. The molecule has 4 heteroatoms. The summed E-state index contributed by atoms with van der Waals surface area (Å²) in [5, 5.41) is 22.0. The van der Waals surface area contributed by atoms with Gasteiger partial charge in [0, 0.05) is 12.6 Å². The van der Waals surface area contributed by atoms with E-state index >= 15 is 0 Å². The van der Waals surface area contributed by atoms with Crippen LogP contribution in [0, 0.1) is 23.1 Å². The van der Waals surface area contributed by atoms with Crippen molar-refractivity contribution in [2.24, 2.45) is 5.92 Å². The zero-order chi connectivity index (χ0) is 15.1. The molecule has 1 aromatic carbocycles. The van der Waals surface area contributed by atoms with Crippen LogP contribution in [0.4, 0.5) is 4.39 Å². The third kappa shape index (κ3) is 4.29. The van der Waals surface area contributed by atoms with Crippen molar-refractivity contribution < 1.29 is 9.50 Å². The third-order valence-electron chi connectivity index (χ3n) is 3.84. The summed E-state index contributed by atoms with van der Waals surface area (Å²) < 4.78 is 13.5. The Morgan fingerprint density at radius 2 is 2.00 bits per heavy atom. The third-order valence-corrected chi connectivity index (χ3v) is 3.84. The minimum Gasteiger partial charge on any atom is -0.392 e. The number of hydrogen-bond donors (Lipinski definition) is 2. The highest BCUT2D eigenvalue weighted by atomic mass is 19.1. The van der Waals surface area contributed by atoms with Crippen molar-refractivity contribution >= 4 is 0 Å². The second-order valence-corrected chi connectivity index (χ2v) is 5.12. The number of halogens is 1. The largest absolute Gasteiger partial charge is 0.392 e. The van der Waals surface area contributed by atoms with Crippen molar-refractivity contribution in [1.82, 2.24) is 5.32 Å². The first-order valence-corrected chi connectivity index (χ1v) is 7.14. The van der Waals surface area contributed by atoms with E-state index in [4.69, 9.17) is 5.26 Å². The summed E-state index contributed by atoms with van der Waals surface area (Å²) in [4.78, 5) is 0. The first kappa shape index (κ1) is 16.6. The van der Waals surface area contributed by atoms with Gasteiger partial charge in [-0.25, -0.2) is 4.39 Å². The number of benzene rings is 1. The molecule has 0 radical (unpaired) electrons. The second kappa shape index (κ2) is 7.98. The molecule has 2 atom stereocenters. The normalized spacial score (nSPS) is 14.1. The molecule has 110 valence electrons. The lowest BCUT2D eigenvalue weighted by Crippen LogP contribution is -2.34. The van der Waals surface area contributed by atoms with Crippen LogP contribution in [0.15, 0.2) is 18.2 Å². The topological polar surface area (TPSA) is 56.0 Å². The fraction of sp³-hybridized carbons (Fsp3) is 0.562. The van der Waals surface area contributed by atoms with E-state index in [1.165, 1.54) is 12.1 Å². The van der Waals surface area contributed by atoms with E-state index in [9.17, 15) is 9.50 Å². The molecule has 1 aromatic rings. The van der Waals surface area contributed by atoms with Gasteiger partial charge in [0.1, 0.15) is 11.9 Å². The Balaban J connectivity index is 2.61. The average molecular weight is 278 g/mol. The van der Waals surface area contributed by atoms with Crippen molar-refractivity contribution in [1.29, 1.82) is 5.26 Å². The molecule has 0 aliphatic carbocycles. The molecule has 0 aromatic heterocycles. The highest BCUT2D eigenvalue weighted by Crippen LogP contribution is 2.18. The highest BCUT2D eigenvalue weighted by molar-refractivity contribution is 5.34. The lowest BCUT2D eigenvalue weighted by molar-refractivity contribution is 0.0989. The van der Waals surface area contributed by atoms with Gasteiger partial charge in [0.05, 0.1) is 11.7 Å². The summed E-state index contributed by atoms with van der Waals surface area (Å²) in [7, 11) is 0. The van der Waals surface area contributed by atoms with E-state index in [0.29, 0.717) is 6.54 Å². The number of hydrogen-bond acceptors (Lipinski definition) is 3. The Kier molecular flexibility index (Phi) is 6.63. The highest BCUT2D eigenvalue weighted by Gasteiger charge is 2.16. The Bertz CT molecular complexity index is 466. The maximum Gasteiger partial charge on any atom is 0.141 e. The van der Waals surface area contributed by atoms with Crippen molar-refractivity contribution in [3.05, 3.63) is 35.1 Å². The van der Waals surface area contributed by atoms with E-state index in [-0.39, 0.29) is 17.5 Å². The lowest BCUT2D eigenvalue weighted by atomic mass is 9.96. The minimum atomic E-state index is -0.501. The molecule has 1 rings (SSSR count). The fourth-order valence-corrected chi connectivity index (χ4v) is 2.31. The predicted octanol–water partition coefficient (Wildman–Crippen LogP) is 3.15. The first-order chi connectivity index (χ1) is 9.53. The van der Waals surface area contributed by atoms with E-state index in [0.717, 1.165) is 18.4 Å². The molecule has 0 spiro atoms. The molecular weight excluding hydrogens is 255 g/mol. The van der Waals surface area contributed by atoms with Crippen LogP contribution >= 0.6 is 0 Å². The van der Waals surface area contributed by atoms with Crippen LogP contribution in [0.1, 0.15) is 50.8 Å². The van der Waals surface area contributed by atoms with Crippen molar-refractivity contribution in [3.8, 4) is 6.07 Å². The van der Waals surface area contributed by atoms with Gasteiger partial charge in [-0.1, -0.05) is 32.8 Å². The van der Waals surface area contributed by atoms with Gasteiger partial charge in [-0.3, -0.25) is 0 Å². The molecule has 0 bridgehead atoms. The van der Waals surface area contributed by atoms with Crippen LogP contribution in [-0.2, 0) is 0 Å². The molecule has 0 fully saturated rings. The smallest absolute Gasteiger partial charge is 0.141 e. The number of aliphatic hydroxyl groups excluding tert-OH is 1. The monoisotopic (exact) mass is 278 g/mol. The van der Waals surface area contributed by atoms with Gasteiger partial charge in [-0.05, 0) is 30.5 Å². The van der Waals surface area contributed by atoms with Crippen LogP contribution in [0.3, 0.4) is 0 Å². The molecular formula is C16H23FN2O. The van der Waals surface area contributed by atoms with Gasteiger partial charge in [0.25, 0.3) is 0 Å². The summed E-state index contributed by atoms with van der Waals surface area (Å²) >= 11 is 0. The number of rotatable bonds is 7. The summed E-state index contributed by atoms with van der Waals surface area (Å²) in [5.41, 5.74) is 0.830. The molecule has 0 amide bonds. The van der Waals surface area contributed by atoms with Gasteiger partial charge < -0.3 is 10.4 Å². The number of aliphatic hydroxyl groups is 1. The van der Waals surface area contributed by atoms with Crippen LogP contribution in [0.25, 0.3) is 0 Å². The Morgan fingerprint density at radius 1 is 1.35 bits per heavy atom. The van der Waals surface area contributed by atoms with Gasteiger partial charge >= 0.3 is 0 Å². The van der Waals surface area contributed by atoms with Crippen LogP contribution < -0.4 is 5.32 Å². The maximum atomic E-state index is 13.5. The van der Waals surface area contributed by atoms with E-state index < -0.39 is 11.9 Å². The SMILES string of the molecule is CCC(CC)C(O)CNC(C)c1ccc(C#N)c(F)c1. The molecule has 0 aliphatic heterocycles. The lowest BCUT2D eigenvalue weighted by Gasteiger charge is -2.23. The number of nitrogens with zero attached hydrogens (tertiary/aromatic N) is 1. The molecule has 2 N–H and O–H groups in total. The zero-order valence-corrected chi connectivity index (χ0v) is 12.4. The number of nitriles is 1.